The maximum atomic E-state index is 8.92. The van der Waals surface area contributed by atoms with Crippen molar-refractivity contribution in [1.82, 2.24) is 0 Å². The van der Waals surface area contributed by atoms with Crippen LogP contribution >= 0.6 is 0 Å². The summed E-state index contributed by atoms with van der Waals surface area (Å²) in [5, 5.41) is 8.92. The molecule has 1 fully saturated rings. The van der Waals surface area contributed by atoms with Gasteiger partial charge in [-0.05, 0) is 6.07 Å². The molecule has 4 nitrogen and oxygen atoms in total. The molecule has 1 N–H and O–H groups in total. The Morgan fingerprint density at radius 2 is 2.27 bits per heavy atom. The molecule has 2 atom stereocenters. The number of hydrogen-bond acceptors (Lipinski definition) is 4. The van der Waals surface area contributed by atoms with Gasteiger partial charge >= 0.3 is 0 Å². The van der Waals surface area contributed by atoms with Gasteiger partial charge in [0.15, 0.2) is 6.29 Å². The molecule has 0 aromatic heterocycles. The van der Waals surface area contributed by atoms with Crippen molar-refractivity contribution in [3.63, 3.8) is 0 Å². The number of aliphatic hydroxyl groups excluding tert-OH is 1. The molecule has 0 bridgehead atoms. The summed E-state index contributed by atoms with van der Waals surface area (Å²) in [5.74, 6) is 0.737. The van der Waals surface area contributed by atoms with Crippen LogP contribution in [0.4, 0.5) is 0 Å². The molecule has 0 aliphatic carbocycles. The lowest BCUT2D eigenvalue weighted by atomic mass is 10.2. The van der Waals surface area contributed by atoms with Gasteiger partial charge in [0.2, 0.25) is 0 Å². The molecule has 1 aliphatic heterocycles. The lowest BCUT2D eigenvalue weighted by molar-refractivity contribution is -0.0686. The largest absolute Gasteiger partial charge is 0.496 e. The molecule has 1 aromatic rings. The van der Waals surface area contributed by atoms with E-state index < -0.39 is 6.29 Å². The summed E-state index contributed by atoms with van der Waals surface area (Å²) in [5.41, 5.74) is 0.857. The average molecular weight is 210 g/mol. The molecule has 0 amide bonds. The molecule has 0 unspecified atom stereocenters. The minimum Gasteiger partial charge on any atom is -0.496 e. The van der Waals surface area contributed by atoms with E-state index in [4.69, 9.17) is 19.3 Å². The summed E-state index contributed by atoms with van der Waals surface area (Å²) in [7, 11) is 1.61. The zero-order chi connectivity index (χ0) is 10.7. The minimum atomic E-state index is -0.432. The van der Waals surface area contributed by atoms with Gasteiger partial charge in [0.05, 0.1) is 20.3 Å². The van der Waals surface area contributed by atoms with Crippen molar-refractivity contribution in [2.75, 3.05) is 20.3 Å². The Bertz CT molecular complexity index is 326. The van der Waals surface area contributed by atoms with E-state index in [1.807, 2.05) is 24.3 Å². The highest BCUT2D eigenvalue weighted by Gasteiger charge is 2.28. The molecule has 15 heavy (non-hydrogen) atoms. The van der Waals surface area contributed by atoms with Crippen LogP contribution in [0.15, 0.2) is 24.3 Å². The first kappa shape index (κ1) is 10.4. The van der Waals surface area contributed by atoms with Gasteiger partial charge in [0, 0.05) is 5.56 Å². The summed E-state index contributed by atoms with van der Waals surface area (Å²) in [6.45, 7) is 0.394. The second kappa shape index (κ2) is 4.61. The van der Waals surface area contributed by atoms with E-state index >= 15 is 0 Å². The second-order valence-electron chi connectivity index (χ2n) is 3.35. The first-order valence-corrected chi connectivity index (χ1v) is 4.86. The molecular formula is C11H14O4. The van der Waals surface area contributed by atoms with Crippen LogP contribution < -0.4 is 4.74 Å². The Morgan fingerprint density at radius 3 is 2.93 bits per heavy atom. The number of benzene rings is 1. The van der Waals surface area contributed by atoms with Gasteiger partial charge in [-0.3, -0.25) is 0 Å². The van der Waals surface area contributed by atoms with E-state index in [0.29, 0.717) is 6.61 Å². The van der Waals surface area contributed by atoms with Crippen LogP contribution in [0.3, 0.4) is 0 Å². The predicted octanol–water partition coefficient (Wildman–Crippen LogP) is 1.10. The normalized spacial score (nSPS) is 25.5. The van der Waals surface area contributed by atoms with Crippen molar-refractivity contribution in [3.05, 3.63) is 29.8 Å². The first-order chi connectivity index (χ1) is 7.35. The van der Waals surface area contributed by atoms with Crippen LogP contribution in [0.5, 0.6) is 5.75 Å². The molecule has 0 spiro atoms. The Morgan fingerprint density at radius 1 is 1.47 bits per heavy atom. The third-order valence-electron chi connectivity index (χ3n) is 2.35. The number of aliphatic hydroxyl groups is 1. The summed E-state index contributed by atoms with van der Waals surface area (Å²) in [6, 6.07) is 7.54. The molecule has 82 valence electrons. The van der Waals surface area contributed by atoms with Crippen molar-refractivity contribution < 1.29 is 19.3 Å². The van der Waals surface area contributed by atoms with Crippen molar-refractivity contribution in [3.8, 4) is 5.75 Å². The van der Waals surface area contributed by atoms with Gasteiger partial charge < -0.3 is 19.3 Å². The van der Waals surface area contributed by atoms with Gasteiger partial charge in [0.25, 0.3) is 0 Å². The lowest BCUT2D eigenvalue weighted by Crippen LogP contribution is -2.14. The Labute approximate surface area is 88.4 Å². The van der Waals surface area contributed by atoms with E-state index in [-0.39, 0.29) is 12.7 Å². The topological polar surface area (TPSA) is 47.9 Å². The zero-order valence-corrected chi connectivity index (χ0v) is 8.55. The van der Waals surface area contributed by atoms with Crippen LogP contribution in [0.1, 0.15) is 11.9 Å². The molecule has 1 aliphatic rings. The molecule has 4 heteroatoms. The third kappa shape index (κ3) is 2.12. The molecule has 1 saturated heterocycles. The van der Waals surface area contributed by atoms with Crippen LogP contribution in [0.25, 0.3) is 0 Å². The third-order valence-corrected chi connectivity index (χ3v) is 2.35. The number of para-hydroxylation sites is 1. The molecular weight excluding hydrogens is 196 g/mol. The lowest BCUT2D eigenvalue weighted by Gasteiger charge is -2.13. The van der Waals surface area contributed by atoms with Crippen molar-refractivity contribution in [1.29, 1.82) is 0 Å². The first-order valence-electron chi connectivity index (χ1n) is 4.86. The monoisotopic (exact) mass is 210 g/mol. The second-order valence-corrected chi connectivity index (χ2v) is 3.35. The SMILES string of the molecule is COc1ccccc1[C@@H]1OC[C@H](CO)O1. The molecule has 2 rings (SSSR count). The summed E-state index contributed by atoms with van der Waals surface area (Å²) >= 11 is 0. The van der Waals surface area contributed by atoms with Crippen LogP contribution in [0, 0.1) is 0 Å². The van der Waals surface area contributed by atoms with E-state index in [9.17, 15) is 0 Å². The Hall–Kier alpha value is -1.10. The van der Waals surface area contributed by atoms with E-state index in [0.717, 1.165) is 11.3 Å². The fraction of sp³-hybridized carbons (Fsp3) is 0.455. The fourth-order valence-corrected chi connectivity index (χ4v) is 1.57. The van der Waals surface area contributed by atoms with E-state index in [1.165, 1.54) is 0 Å². The quantitative estimate of drug-likeness (QED) is 0.811. The highest BCUT2D eigenvalue weighted by Crippen LogP contribution is 2.32. The van der Waals surface area contributed by atoms with E-state index in [2.05, 4.69) is 0 Å². The van der Waals surface area contributed by atoms with Crippen LogP contribution in [-0.2, 0) is 9.47 Å². The van der Waals surface area contributed by atoms with E-state index in [1.54, 1.807) is 7.11 Å². The van der Waals surface area contributed by atoms with Gasteiger partial charge in [0.1, 0.15) is 11.9 Å². The molecule has 0 saturated carbocycles. The van der Waals surface area contributed by atoms with Crippen molar-refractivity contribution in [2.45, 2.75) is 12.4 Å². The highest BCUT2D eigenvalue weighted by molar-refractivity contribution is 5.34. The Kier molecular flexibility index (Phi) is 3.20. The van der Waals surface area contributed by atoms with Gasteiger partial charge in [-0.1, -0.05) is 18.2 Å². The summed E-state index contributed by atoms with van der Waals surface area (Å²) in [4.78, 5) is 0. The predicted molar refractivity (Wildman–Crippen MR) is 53.6 cm³/mol. The Balaban J connectivity index is 2.16. The van der Waals surface area contributed by atoms with Gasteiger partial charge in [-0.25, -0.2) is 0 Å². The molecule has 0 radical (unpaired) electrons. The number of hydrogen-bond donors (Lipinski definition) is 1. The number of ether oxygens (including phenoxy) is 3. The van der Waals surface area contributed by atoms with Gasteiger partial charge in [-0.2, -0.15) is 0 Å². The molecule has 1 aromatic carbocycles. The highest BCUT2D eigenvalue weighted by atomic mass is 16.7. The average Bonchev–Trinajstić information content (AvgIpc) is 2.77. The minimum absolute atomic E-state index is 0.0222. The maximum Gasteiger partial charge on any atom is 0.188 e. The molecule has 1 heterocycles. The number of methoxy groups -OCH3 is 1. The van der Waals surface area contributed by atoms with Crippen LogP contribution in [0.2, 0.25) is 0 Å². The van der Waals surface area contributed by atoms with Crippen molar-refractivity contribution in [2.24, 2.45) is 0 Å². The summed E-state index contributed by atoms with van der Waals surface area (Å²) < 4.78 is 16.1. The van der Waals surface area contributed by atoms with Crippen LogP contribution in [-0.4, -0.2) is 31.5 Å². The summed E-state index contributed by atoms with van der Waals surface area (Å²) in [6.07, 6.45) is -0.668. The number of rotatable bonds is 3. The van der Waals surface area contributed by atoms with Crippen molar-refractivity contribution >= 4 is 0 Å². The van der Waals surface area contributed by atoms with Gasteiger partial charge in [-0.15, -0.1) is 0 Å². The standard InChI is InChI=1S/C11H14O4/c1-13-10-5-3-2-4-9(10)11-14-7-8(6-12)15-11/h2-5,8,11-12H,6-7H2,1H3/t8-,11+/m0/s1. The maximum absolute atomic E-state index is 8.92. The fourth-order valence-electron chi connectivity index (χ4n) is 1.57. The zero-order valence-electron chi connectivity index (χ0n) is 8.55. The smallest absolute Gasteiger partial charge is 0.188 e.